The van der Waals surface area contributed by atoms with Crippen LogP contribution >= 0.6 is 23.4 Å². The number of carbonyl (C=O) groups is 2. The average Bonchev–Trinajstić information content (AvgIpc) is 2.72. The normalized spacial score (nSPS) is 18.3. The Morgan fingerprint density at radius 2 is 2.00 bits per heavy atom. The molecule has 0 saturated carbocycles. The van der Waals surface area contributed by atoms with E-state index in [0.717, 1.165) is 30.4 Å². The highest BCUT2D eigenvalue weighted by molar-refractivity contribution is 8.04. The van der Waals surface area contributed by atoms with E-state index in [1.165, 1.54) is 11.8 Å². The lowest BCUT2D eigenvalue weighted by atomic mass is 9.84. The number of ether oxygens (including phenoxy) is 1. The molecule has 0 aromatic heterocycles. The average molecular weight is 430 g/mol. The van der Waals surface area contributed by atoms with Crippen LogP contribution in [0.25, 0.3) is 5.57 Å². The largest absolute Gasteiger partial charge is 0.465 e. The summed E-state index contributed by atoms with van der Waals surface area (Å²) in [5.74, 6) is -0.0993. The van der Waals surface area contributed by atoms with Crippen molar-refractivity contribution in [3.05, 3.63) is 64.1 Å². The molecule has 1 aromatic rings. The summed E-state index contributed by atoms with van der Waals surface area (Å²) in [6.45, 7) is 2.37. The molecule has 0 N–H and O–H groups in total. The third-order valence-corrected chi connectivity index (χ3v) is 6.01. The Labute approximate surface area is 180 Å². The maximum atomic E-state index is 12.8. The van der Waals surface area contributed by atoms with Gasteiger partial charge in [0, 0.05) is 23.1 Å². The molecule has 152 valence electrons. The van der Waals surface area contributed by atoms with Gasteiger partial charge in [-0.3, -0.25) is 9.59 Å². The summed E-state index contributed by atoms with van der Waals surface area (Å²) in [5, 5.41) is 0.627. The van der Waals surface area contributed by atoms with Gasteiger partial charge >= 0.3 is 5.97 Å². The number of fused-ring (bicyclic) bond motifs is 1. The summed E-state index contributed by atoms with van der Waals surface area (Å²) < 4.78 is 5.31. The fourth-order valence-corrected chi connectivity index (χ4v) is 4.42. The van der Waals surface area contributed by atoms with Crippen LogP contribution in [0.4, 0.5) is 0 Å². The summed E-state index contributed by atoms with van der Waals surface area (Å²) in [5.41, 5.74) is 2.57. The molecule has 0 radical (unpaired) electrons. The number of esters is 1. The Kier molecular flexibility index (Phi) is 7.90. The first-order valence-electron chi connectivity index (χ1n) is 9.86. The van der Waals surface area contributed by atoms with E-state index in [-0.39, 0.29) is 24.4 Å². The van der Waals surface area contributed by atoms with Gasteiger partial charge in [-0.25, -0.2) is 4.99 Å². The van der Waals surface area contributed by atoms with Gasteiger partial charge in [0.25, 0.3) is 5.91 Å². The van der Waals surface area contributed by atoms with Crippen LogP contribution < -0.4 is 0 Å². The van der Waals surface area contributed by atoms with Crippen molar-refractivity contribution in [2.24, 2.45) is 10.9 Å². The molecule has 2 aliphatic rings. The van der Waals surface area contributed by atoms with E-state index in [2.05, 4.69) is 11.9 Å². The van der Waals surface area contributed by atoms with Gasteiger partial charge in [-0.15, -0.1) is 11.8 Å². The van der Waals surface area contributed by atoms with E-state index in [9.17, 15) is 9.59 Å². The summed E-state index contributed by atoms with van der Waals surface area (Å²) in [7, 11) is 0. The van der Waals surface area contributed by atoms with Crippen molar-refractivity contribution >= 4 is 46.5 Å². The van der Waals surface area contributed by atoms with Crippen molar-refractivity contribution in [1.82, 2.24) is 0 Å². The van der Waals surface area contributed by atoms with Crippen molar-refractivity contribution in [3.63, 3.8) is 0 Å². The molecule has 1 aliphatic heterocycles. The Balaban J connectivity index is 1.74. The van der Waals surface area contributed by atoms with Crippen LogP contribution in [0.5, 0.6) is 0 Å². The maximum absolute atomic E-state index is 12.8. The van der Waals surface area contributed by atoms with E-state index >= 15 is 0 Å². The molecule has 1 aromatic carbocycles. The Hall–Kier alpha value is -2.11. The number of rotatable bonds is 9. The summed E-state index contributed by atoms with van der Waals surface area (Å²) in [4.78, 5) is 29.4. The zero-order valence-corrected chi connectivity index (χ0v) is 18.0. The van der Waals surface area contributed by atoms with Gasteiger partial charge < -0.3 is 4.74 Å². The number of carbonyl (C=O) groups excluding carboxylic acids is 2. The number of hydrogen-bond donors (Lipinski definition) is 0. The molecule has 3 rings (SSSR count). The van der Waals surface area contributed by atoms with Crippen LogP contribution in [0.2, 0.25) is 0 Å². The standard InChI is InChI=1S/C23H24ClNO3S/c1-2-3-5-10-20(26)28-13-14-29-22-21(16-8-6-4-7-9-16)18-15-17(24)11-12-19(18)25-23(22)27/h4,6-9,11-12,15,18H,2-3,5,10,13-14H2,1H3. The van der Waals surface area contributed by atoms with E-state index in [4.69, 9.17) is 16.3 Å². The fourth-order valence-electron chi connectivity index (χ4n) is 3.29. The first-order valence-corrected chi connectivity index (χ1v) is 11.2. The molecule has 0 bridgehead atoms. The van der Waals surface area contributed by atoms with Gasteiger partial charge in [0.15, 0.2) is 0 Å². The fraction of sp³-hybridized carbons (Fsp3) is 0.348. The lowest BCUT2D eigenvalue weighted by Crippen LogP contribution is -2.24. The highest BCUT2D eigenvalue weighted by Crippen LogP contribution is 2.40. The number of amides is 1. The maximum Gasteiger partial charge on any atom is 0.305 e. The van der Waals surface area contributed by atoms with Crippen LogP contribution in [-0.2, 0) is 14.3 Å². The van der Waals surface area contributed by atoms with Crippen LogP contribution in [-0.4, -0.2) is 29.9 Å². The highest BCUT2D eigenvalue weighted by Gasteiger charge is 2.32. The summed E-state index contributed by atoms with van der Waals surface area (Å²) in [6.07, 6.45) is 8.86. The van der Waals surface area contributed by atoms with Crippen molar-refractivity contribution in [2.75, 3.05) is 12.4 Å². The molecule has 1 aliphatic carbocycles. The predicted molar refractivity (Wildman–Crippen MR) is 120 cm³/mol. The molecule has 4 nitrogen and oxygen atoms in total. The van der Waals surface area contributed by atoms with Crippen LogP contribution in [0.15, 0.2) is 63.5 Å². The lowest BCUT2D eigenvalue weighted by molar-refractivity contribution is -0.143. The zero-order chi connectivity index (χ0) is 20.6. The van der Waals surface area contributed by atoms with Crippen LogP contribution in [0, 0.1) is 5.92 Å². The molecule has 0 spiro atoms. The second-order valence-corrected chi connectivity index (χ2v) is 8.38. The Bertz CT molecular complexity index is 887. The number of allylic oxidation sites excluding steroid dienone is 5. The monoisotopic (exact) mass is 429 g/mol. The first-order chi connectivity index (χ1) is 14.1. The molecule has 1 amide bonds. The second-order valence-electron chi connectivity index (χ2n) is 6.84. The van der Waals surface area contributed by atoms with Gasteiger partial charge in [0.1, 0.15) is 6.61 Å². The number of nitrogens with zero attached hydrogens (tertiary/aromatic N) is 1. The van der Waals surface area contributed by atoms with E-state index in [0.29, 0.717) is 27.8 Å². The number of dihydropyridines is 1. The zero-order valence-electron chi connectivity index (χ0n) is 16.4. The van der Waals surface area contributed by atoms with Crippen molar-refractivity contribution in [3.8, 4) is 0 Å². The molecule has 29 heavy (non-hydrogen) atoms. The molecule has 1 heterocycles. The molecule has 0 saturated heterocycles. The first kappa shape index (κ1) is 21.6. The second kappa shape index (κ2) is 10.6. The SMILES string of the molecule is CCCCCC(=O)OCCSC1=C(c2ccccc2)C2C=C(Cl)C=CC2=NC1=O. The molecular formula is C23H24ClNO3S. The number of thioether (sulfide) groups is 1. The third-order valence-electron chi connectivity index (χ3n) is 4.70. The van der Waals surface area contributed by atoms with Gasteiger partial charge in [-0.05, 0) is 29.7 Å². The Morgan fingerprint density at radius 1 is 1.21 bits per heavy atom. The van der Waals surface area contributed by atoms with Gasteiger partial charge in [-0.1, -0.05) is 67.8 Å². The minimum atomic E-state index is -0.259. The topological polar surface area (TPSA) is 55.7 Å². The molecule has 1 unspecified atom stereocenters. The molecule has 0 fully saturated rings. The molecular weight excluding hydrogens is 406 g/mol. The predicted octanol–water partition coefficient (Wildman–Crippen LogP) is 5.54. The number of halogens is 1. The van der Waals surface area contributed by atoms with E-state index in [1.54, 1.807) is 12.2 Å². The van der Waals surface area contributed by atoms with Gasteiger partial charge in [0.05, 0.1) is 10.6 Å². The summed E-state index contributed by atoms with van der Waals surface area (Å²) in [6, 6.07) is 9.81. The van der Waals surface area contributed by atoms with Gasteiger partial charge in [-0.2, -0.15) is 0 Å². The number of unbranched alkanes of at least 4 members (excludes halogenated alkanes) is 2. The van der Waals surface area contributed by atoms with Crippen molar-refractivity contribution < 1.29 is 14.3 Å². The van der Waals surface area contributed by atoms with Crippen molar-refractivity contribution in [2.45, 2.75) is 32.6 Å². The minimum Gasteiger partial charge on any atom is -0.465 e. The lowest BCUT2D eigenvalue weighted by Gasteiger charge is -2.26. The van der Waals surface area contributed by atoms with Gasteiger partial charge in [0.2, 0.25) is 0 Å². The smallest absolute Gasteiger partial charge is 0.305 e. The molecule has 1 atom stereocenters. The summed E-state index contributed by atoms with van der Waals surface area (Å²) >= 11 is 7.62. The van der Waals surface area contributed by atoms with Crippen LogP contribution in [0.1, 0.15) is 38.2 Å². The highest BCUT2D eigenvalue weighted by atomic mass is 35.5. The molecule has 6 heteroatoms. The number of hydrogen-bond acceptors (Lipinski definition) is 4. The number of aliphatic imine (C=N–C) groups is 1. The van der Waals surface area contributed by atoms with Crippen LogP contribution in [0.3, 0.4) is 0 Å². The minimum absolute atomic E-state index is 0.160. The Morgan fingerprint density at radius 3 is 2.76 bits per heavy atom. The van der Waals surface area contributed by atoms with Crippen molar-refractivity contribution in [1.29, 1.82) is 0 Å². The third kappa shape index (κ3) is 5.71. The van der Waals surface area contributed by atoms with E-state index < -0.39 is 0 Å². The van der Waals surface area contributed by atoms with E-state index in [1.807, 2.05) is 36.4 Å². The number of benzene rings is 1. The quantitative estimate of drug-likeness (QED) is 0.381.